The van der Waals surface area contributed by atoms with Crippen molar-refractivity contribution in [2.75, 3.05) is 0 Å². The molecule has 0 atom stereocenters. The molecule has 3 heteroatoms. The van der Waals surface area contributed by atoms with Crippen LogP contribution >= 0.6 is 0 Å². The van der Waals surface area contributed by atoms with Crippen molar-refractivity contribution in [3.05, 3.63) is 48.1 Å². The zero-order chi connectivity index (χ0) is 10.1. The summed E-state index contributed by atoms with van der Waals surface area (Å²) in [6.45, 7) is 7.67. The van der Waals surface area contributed by atoms with Crippen LogP contribution in [0.5, 0.6) is 0 Å². The molecule has 0 bridgehead atoms. The molecule has 0 fully saturated rings. The Hall–Kier alpha value is -1.77. The summed E-state index contributed by atoms with van der Waals surface area (Å²) in [6, 6.07) is 1.85. The molecule has 0 unspecified atom stereocenters. The average Bonchev–Trinajstić information content (AvgIpc) is 2.73. The average molecular weight is 189 g/mol. The molecule has 0 amide bonds. The molecule has 72 valence electrons. The summed E-state index contributed by atoms with van der Waals surface area (Å²) >= 11 is 0. The van der Waals surface area contributed by atoms with Crippen molar-refractivity contribution in [1.82, 2.24) is 4.98 Å². The molecule has 0 aliphatic heterocycles. The molecular weight excluding hydrogens is 178 g/mol. The highest BCUT2D eigenvalue weighted by Crippen LogP contribution is 2.25. The van der Waals surface area contributed by atoms with Crippen LogP contribution in [0.4, 0.5) is 0 Å². The molecule has 0 aliphatic rings. The summed E-state index contributed by atoms with van der Waals surface area (Å²) in [5.74, 6) is 1.38. The van der Waals surface area contributed by atoms with Gasteiger partial charge in [0.15, 0.2) is 11.7 Å². The molecule has 0 saturated carbocycles. The van der Waals surface area contributed by atoms with Crippen molar-refractivity contribution >= 4 is 5.57 Å². The fourth-order valence-corrected chi connectivity index (χ4v) is 1.38. The predicted molar refractivity (Wildman–Crippen MR) is 52.8 cm³/mol. The molecule has 3 nitrogen and oxygen atoms in total. The fraction of sp³-hybridized carbons (Fsp3) is 0.182. The maximum Gasteiger partial charge on any atom is 0.192 e. The summed E-state index contributed by atoms with van der Waals surface area (Å²) in [5, 5.41) is 0. The lowest BCUT2D eigenvalue weighted by Crippen LogP contribution is -1.83. The first-order valence-electron chi connectivity index (χ1n) is 4.34. The Morgan fingerprint density at radius 3 is 2.71 bits per heavy atom. The number of oxazole rings is 1. The van der Waals surface area contributed by atoms with E-state index in [2.05, 4.69) is 11.6 Å². The van der Waals surface area contributed by atoms with Crippen molar-refractivity contribution in [3.63, 3.8) is 0 Å². The molecule has 14 heavy (non-hydrogen) atoms. The monoisotopic (exact) mass is 189 g/mol. The number of furan rings is 1. The maximum atomic E-state index is 5.45. The topological polar surface area (TPSA) is 39.2 Å². The van der Waals surface area contributed by atoms with E-state index in [0.29, 0.717) is 5.89 Å². The van der Waals surface area contributed by atoms with Crippen LogP contribution in [0.25, 0.3) is 5.57 Å². The van der Waals surface area contributed by atoms with Crippen molar-refractivity contribution in [1.29, 1.82) is 0 Å². The van der Waals surface area contributed by atoms with E-state index in [9.17, 15) is 0 Å². The second-order valence-electron chi connectivity index (χ2n) is 3.14. The third-order valence-electron chi connectivity index (χ3n) is 2.05. The van der Waals surface area contributed by atoms with Crippen molar-refractivity contribution in [2.45, 2.75) is 13.8 Å². The van der Waals surface area contributed by atoms with Gasteiger partial charge in [-0.25, -0.2) is 4.98 Å². The van der Waals surface area contributed by atoms with Crippen LogP contribution in [0.15, 0.2) is 34.0 Å². The lowest BCUT2D eigenvalue weighted by Gasteiger charge is -1.97. The highest BCUT2D eigenvalue weighted by Gasteiger charge is 2.12. The zero-order valence-corrected chi connectivity index (χ0v) is 8.20. The van der Waals surface area contributed by atoms with Gasteiger partial charge in [-0.15, -0.1) is 0 Å². The van der Waals surface area contributed by atoms with E-state index in [4.69, 9.17) is 8.83 Å². The molecule has 2 rings (SSSR count). The highest BCUT2D eigenvalue weighted by atomic mass is 16.4. The molecule has 0 saturated heterocycles. The molecular formula is C11H11NO2. The summed E-state index contributed by atoms with van der Waals surface area (Å²) in [7, 11) is 0. The maximum absolute atomic E-state index is 5.45. The summed E-state index contributed by atoms with van der Waals surface area (Å²) < 4.78 is 10.4. The number of rotatable bonds is 2. The van der Waals surface area contributed by atoms with Crippen LogP contribution in [0.1, 0.15) is 22.9 Å². The Kier molecular flexibility index (Phi) is 2.00. The minimum Gasteiger partial charge on any atom is -0.472 e. The van der Waals surface area contributed by atoms with E-state index in [1.807, 2.05) is 19.9 Å². The largest absolute Gasteiger partial charge is 0.472 e. The molecule has 0 aromatic carbocycles. The van der Waals surface area contributed by atoms with Gasteiger partial charge in [0.1, 0.15) is 0 Å². The lowest BCUT2D eigenvalue weighted by atomic mass is 10.1. The second kappa shape index (κ2) is 3.18. The number of nitrogens with zero attached hydrogens (tertiary/aromatic N) is 1. The molecule has 2 aromatic rings. The lowest BCUT2D eigenvalue weighted by molar-refractivity contribution is 0.509. The minimum atomic E-state index is 0.655. The quantitative estimate of drug-likeness (QED) is 0.729. The number of hydrogen-bond acceptors (Lipinski definition) is 3. The van der Waals surface area contributed by atoms with Gasteiger partial charge in [0.25, 0.3) is 0 Å². The van der Waals surface area contributed by atoms with Crippen LogP contribution in [0.2, 0.25) is 0 Å². The zero-order valence-electron chi connectivity index (χ0n) is 8.20. The normalized spacial score (nSPS) is 10.4. The van der Waals surface area contributed by atoms with Gasteiger partial charge >= 0.3 is 0 Å². The van der Waals surface area contributed by atoms with Crippen molar-refractivity contribution in [3.8, 4) is 0 Å². The first-order valence-corrected chi connectivity index (χ1v) is 4.34. The van der Waals surface area contributed by atoms with E-state index in [1.165, 1.54) is 0 Å². The second-order valence-corrected chi connectivity index (χ2v) is 3.14. The summed E-state index contributed by atoms with van der Waals surface area (Å²) in [5.41, 5.74) is 2.58. The Bertz CT molecular complexity index is 452. The van der Waals surface area contributed by atoms with Gasteiger partial charge < -0.3 is 8.83 Å². The molecule has 0 aliphatic carbocycles. The fourth-order valence-electron chi connectivity index (χ4n) is 1.38. The van der Waals surface area contributed by atoms with Gasteiger partial charge in [0.05, 0.1) is 18.2 Å². The predicted octanol–water partition coefficient (Wildman–Crippen LogP) is 2.95. The third-order valence-corrected chi connectivity index (χ3v) is 2.05. The highest BCUT2D eigenvalue weighted by molar-refractivity contribution is 5.75. The SMILES string of the molecule is C=C(c1ccoc1)c1oc(C)nc1C. The molecule has 0 radical (unpaired) electrons. The Balaban J connectivity index is 2.41. The number of hydrogen-bond donors (Lipinski definition) is 0. The van der Waals surface area contributed by atoms with E-state index in [1.54, 1.807) is 12.5 Å². The van der Waals surface area contributed by atoms with E-state index < -0.39 is 0 Å². The van der Waals surface area contributed by atoms with Crippen molar-refractivity contribution < 1.29 is 8.83 Å². The molecule has 0 N–H and O–H groups in total. The van der Waals surface area contributed by atoms with Gasteiger partial charge in [0.2, 0.25) is 0 Å². The van der Waals surface area contributed by atoms with E-state index >= 15 is 0 Å². The van der Waals surface area contributed by atoms with E-state index in [0.717, 1.165) is 22.6 Å². The first-order chi connectivity index (χ1) is 6.68. The Morgan fingerprint density at radius 1 is 1.43 bits per heavy atom. The number of aromatic nitrogens is 1. The summed E-state index contributed by atoms with van der Waals surface area (Å²) in [6.07, 6.45) is 3.25. The minimum absolute atomic E-state index is 0.655. The smallest absolute Gasteiger partial charge is 0.192 e. The van der Waals surface area contributed by atoms with Gasteiger partial charge in [-0.05, 0) is 13.0 Å². The standard InChI is InChI=1S/C11H11NO2/c1-7(10-4-5-13-6-10)11-8(2)12-9(3)14-11/h4-6H,1H2,2-3H3. The van der Waals surface area contributed by atoms with Gasteiger partial charge in [-0.2, -0.15) is 0 Å². The molecule has 2 heterocycles. The first kappa shape index (κ1) is 8.81. The van der Waals surface area contributed by atoms with Crippen LogP contribution in [-0.4, -0.2) is 4.98 Å². The van der Waals surface area contributed by atoms with Crippen LogP contribution in [-0.2, 0) is 0 Å². The van der Waals surface area contributed by atoms with Crippen LogP contribution in [0, 0.1) is 13.8 Å². The third kappa shape index (κ3) is 1.37. The number of aryl methyl sites for hydroxylation is 2. The summed E-state index contributed by atoms with van der Waals surface area (Å²) in [4.78, 5) is 4.18. The van der Waals surface area contributed by atoms with Crippen molar-refractivity contribution in [2.24, 2.45) is 0 Å². The molecule has 0 spiro atoms. The van der Waals surface area contributed by atoms with Gasteiger partial charge in [0, 0.05) is 18.1 Å². The Labute approximate surface area is 82.1 Å². The van der Waals surface area contributed by atoms with Gasteiger partial charge in [-0.1, -0.05) is 6.58 Å². The van der Waals surface area contributed by atoms with E-state index in [-0.39, 0.29) is 0 Å². The van der Waals surface area contributed by atoms with Gasteiger partial charge in [-0.3, -0.25) is 0 Å². The van der Waals surface area contributed by atoms with Crippen LogP contribution in [0.3, 0.4) is 0 Å². The molecule has 2 aromatic heterocycles. The Morgan fingerprint density at radius 2 is 2.21 bits per heavy atom. The van der Waals surface area contributed by atoms with Crippen LogP contribution < -0.4 is 0 Å².